The number of hydrogen-bond acceptors (Lipinski definition) is 2. The molecular formula is C16H18ClN3O. The molecule has 0 bridgehead atoms. The van der Waals surface area contributed by atoms with Crippen molar-refractivity contribution in [2.45, 2.75) is 12.5 Å². The van der Waals surface area contributed by atoms with Crippen LogP contribution in [0.2, 0.25) is 5.02 Å². The van der Waals surface area contributed by atoms with Gasteiger partial charge in [-0.05, 0) is 37.1 Å². The first-order valence-corrected chi connectivity index (χ1v) is 7.79. The minimum atomic E-state index is 0.126. The molecule has 0 unspecified atom stereocenters. The molecular weight excluding hydrogens is 286 g/mol. The summed E-state index contributed by atoms with van der Waals surface area (Å²) in [6.45, 7) is 2.79. The molecule has 1 amide bonds. The van der Waals surface area contributed by atoms with Gasteiger partial charge in [-0.25, -0.2) is 0 Å². The second-order valence-electron chi connectivity index (χ2n) is 6.11. The largest absolute Gasteiger partial charge is 0.340 e. The number of likely N-dealkylation sites (tertiary alicyclic amines) is 1. The fourth-order valence-corrected chi connectivity index (χ4v) is 3.85. The summed E-state index contributed by atoms with van der Waals surface area (Å²) in [5.41, 5.74) is 1.75. The van der Waals surface area contributed by atoms with Gasteiger partial charge in [-0.2, -0.15) is 0 Å². The van der Waals surface area contributed by atoms with Crippen LogP contribution in [0.25, 0.3) is 10.9 Å². The lowest BCUT2D eigenvalue weighted by Crippen LogP contribution is -2.34. The topological polar surface area (TPSA) is 37.3 Å². The Kier molecular flexibility index (Phi) is 2.98. The molecule has 0 spiro atoms. The van der Waals surface area contributed by atoms with E-state index in [1.54, 1.807) is 0 Å². The third-order valence-corrected chi connectivity index (χ3v) is 5.11. The predicted molar refractivity (Wildman–Crippen MR) is 83.7 cm³/mol. The van der Waals surface area contributed by atoms with Crippen LogP contribution in [0.3, 0.4) is 0 Å². The highest BCUT2D eigenvalue weighted by atomic mass is 35.5. The van der Waals surface area contributed by atoms with E-state index < -0.39 is 0 Å². The van der Waals surface area contributed by atoms with Crippen molar-refractivity contribution in [2.24, 2.45) is 13.0 Å². The standard InChI is InChI=1S/C16H18ClN3O/c1-19-14-7-12(17)3-2-10(14)6-15(19)16(21)20-8-11-4-5-18-13(11)9-20/h2-3,6-7,11,13,18H,4-5,8-9H2,1H3/t11-,13+/m0/s1. The predicted octanol–water partition coefficient (Wildman–Crippen LogP) is 2.27. The number of hydrogen-bond donors (Lipinski definition) is 1. The Bertz CT molecular complexity index is 712. The highest BCUT2D eigenvalue weighted by molar-refractivity contribution is 6.31. The molecule has 5 heteroatoms. The summed E-state index contributed by atoms with van der Waals surface area (Å²) in [5, 5.41) is 5.24. The van der Waals surface area contributed by atoms with Gasteiger partial charge in [0, 0.05) is 42.1 Å². The van der Waals surface area contributed by atoms with Crippen molar-refractivity contribution < 1.29 is 4.79 Å². The first-order chi connectivity index (χ1) is 10.1. The maximum Gasteiger partial charge on any atom is 0.270 e. The molecule has 1 N–H and O–H groups in total. The maximum atomic E-state index is 12.8. The van der Waals surface area contributed by atoms with Crippen molar-refractivity contribution in [1.82, 2.24) is 14.8 Å². The molecule has 3 heterocycles. The number of aromatic nitrogens is 1. The van der Waals surface area contributed by atoms with Crippen LogP contribution >= 0.6 is 11.6 Å². The van der Waals surface area contributed by atoms with Gasteiger partial charge in [0.1, 0.15) is 5.69 Å². The highest BCUT2D eigenvalue weighted by Gasteiger charge is 2.38. The lowest BCUT2D eigenvalue weighted by Gasteiger charge is -2.17. The van der Waals surface area contributed by atoms with Crippen molar-refractivity contribution in [2.75, 3.05) is 19.6 Å². The van der Waals surface area contributed by atoms with Crippen LogP contribution < -0.4 is 5.32 Å². The van der Waals surface area contributed by atoms with E-state index >= 15 is 0 Å². The normalized spacial score (nSPS) is 24.8. The Morgan fingerprint density at radius 1 is 1.33 bits per heavy atom. The second-order valence-corrected chi connectivity index (χ2v) is 6.55. The van der Waals surface area contributed by atoms with Crippen LogP contribution in [0, 0.1) is 5.92 Å². The quantitative estimate of drug-likeness (QED) is 0.877. The van der Waals surface area contributed by atoms with Gasteiger partial charge >= 0.3 is 0 Å². The number of carbonyl (C=O) groups is 1. The molecule has 1 aromatic heterocycles. The van der Waals surface area contributed by atoms with Crippen molar-refractivity contribution in [3.05, 3.63) is 35.0 Å². The van der Waals surface area contributed by atoms with E-state index in [2.05, 4.69) is 5.32 Å². The average Bonchev–Trinajstić information content (AvgIpc) is 3.12. The molecule has 2 fully saturated rings. The molecule has 110 valence electrons. The van der Waals surface area contributed by atoms with Gasteiger partial charge in [-0.1, -0.05) is 17.7 Å². The molecule has 0 saturated carbocycles. The molecule has 21 heavy (non-hydrogen) atoms. The zero-order valence-electron chi connectivity index (χ0n) is 12.0. The summed E-state index contributed by atoms with van der Waals surface area (Å²) in [4.78, 5) is 14.8. The fourth-order valence-electron chi connectivity index (χ4n) is 3.69. The Morgan fingerprint density at radius 2 is 2.19 bits per heavy atom. The Labute approximate surface area is 128 Å². The SMILES string of the molecule is Cn1c(C(=O)N2C[C@@H]3CCN[C@@H]3C2)cc2ccc(Cl)cc21. The Balaban J connectivity index is 1.67. The lowest BCUT2D eigenvalue weighted by atomic mass is 10.1. The summed E-state index contributed by atoms with van der Waals surface area (Å²) in [6.07, 6.45) is 1.18. The monoisotopic (exact) mass is 303 g/mol. The number of rotatable bonds is 1. The zero-order valence-corrected chi connectivity index (χ0v) is 12.7. The molecule has 2 aromatic rings. The van der Waals surface area contributed by atoms with Crippen molar-refractivity contribution in [3.63, 3.8) is 0 Å². The van der Waals surface area contributed by atoms with Crippen molar-refractivity contribution >= 4 is 28.4 Å². The first kappa shape index (κ1) is 13.2. The third-order valence-electron chi connectivity index (χ3n) is 4.88. The van der Waals surface area contributed by atoms with Crippen molar-refractivity contribution in [3.8, 4) is 0 Å². The molecule has 0 aliphatic carbocycles. The number of carbonyl (C=O) groups excluding carboxylic acids is 1. The number of aryl methyl sites for hydroxylation is 1. The number of nitrogens with one attached hydrogen (secondary N) is 1. The fraction of sp³-hybridized carbons (Fsp3) is 0.438. The second kappa shape index (κ2) is 4.75. The number of fused-ring (bicyclic) bond motifs is 2. The molecule has 2 atom stereocenters. The number of nitrogens with zero attached hydrogens (tertiary/aromatic N) is 2. The molecule has 4 rings (SSSR count). The summed E-state index contributed by atoms with van der Waals surface area (Å²) in [5.74, 6) is 0.749. The summed E-state index contributed by atoms with van der Waals surface area (Å²) in [7, 11) is 1.93. The molecule has 2 saturated heterocycles. The van der Waals surface area contributed by atoms with Crippen LogP contribution in [-0.4, -0.2) is 41.1 Å². The number of halogens is 1. The smallest absolute Gasteiger partial charge is 0.270 e. The third kappa shape index (κ3) is 2.05. The van der Waals surface area contributed by atoms with E-state index in [9.17, 15) is 4.79 Å². The van der Waals surface area contributed by atoms with Gasteiger partial charge in [-0.15, -0.1) is 0 Å². The van der Waals surface area contributed by atoms with Crippen LogP contribution in [0.15, 0.2) is 24.3 Å². The maximum absolute atomic E-state index is 12.8. The minimum absolute atomic E-state index is 0.126. The van der Waals surface area contributed by atoms with Crippen LogP contribution in [0.1, 0.15) is 16.9 Å². The number of amides is 1. The van der Waals surface area contributed by atoms with E-state index in [0.717, 1.165) is 36.2 Å². The Morgan fingerprint density at radius 3 is 3.00 bits per heavy atom. The van der Waals surface area contributed by atoms with Gasteiger partial charge in [0.15, 0.2) is 0 Å². The molecule has 0 radical (unpaired) electrons. The average molecular weight is 304 g/mol. The zero-order chi connectivity index (χ0) is 14.6. The van der Waals surface area contributed by atoms with E-state index in [0.29, 0.717) is 17.0 Å². The number of benzene rings is 1. The van der Waals surface area contributed by atoms with Crippen LogP contribution in [-0.2, 0) is 7.05 Å². The minimum Gasteiger partial charge on any atom is -0.340 e. The van der Waals surface area contributed by atoms with Crippen molar-refractivity contribution in [1.29, 1.82) is 0 Å². The lowest BCUT2D eigenvalue weighted by molar-refractivity contribution is 0.0773. The van der Waals surface area contributed by atoms with Gasteiger partial charge in [0.05, 0.1) is 0 Å². The Hall–Kier alpha value is -1.52. The molecule has 2 aliphatic rings. The van der Waals surface area contributed by atoms with Crippen LogP contribution in [0.5, 0.6) is 0 Å². The van der Waals surface area contributed by atoms with E-state index in [1.807, 2.05) is 40.8 Å². The summed E-state index contributed by atoms with van der Waals surface area (Å²) in [6, 6.07) is 8.19. The first-order valence-electron chi connectivity index (χ1n) is 7.41. The van der Waals surface area contributed by atoms with Crippen LogP contribution in [0.4, 0.5) is 0 Å². The summed E-state index contributed by atoms with van der Waals surface area (Å²) < 4.78 is 1.95. The molecule has 4 nitrogen and oxygen atoms in total. The van der Waals surface area contributed by atoms with Gasteiger partial charge in [-0.3, -0.25) is 4.79 Å². The van der Waals surface area contributed by atoms with E-state index in [1.165, 1.54) is 6.42 Å². The van der Waals surface area contributed by atoms with E-state index in [4.69, 9.17) is 11.6 Å². The summed E-state index contributed by atoms with van der Waals surface area (Å²) >= 11 is 6.05. The van der Waals surface area contributed by atoms with E-state index in [-0.39, 0.29) is 5.91 Å². The van der Waals surface area contributed by atoms with Gasteiger partial charge < -0.3 is 14.8 Å². The molecule has 2 aliphatic heterocycles. The van der Waals surface area contributed by atoms with Gasteiger partial charge in [0.2, 0.25) is 0 Å². The molecule has 1 aromatic carbocycles. The highest BCUT2D eigenvalue weighted by Crippen LogP contribution is 2.28. The van der Waals surface area contributed by atoms with Gasteiger partial charge in [0.25, 0.3) is 5.91 Å².